The van der Waals surface area contributed by atoms with Crippen molar-refractivity contribution in [1.82, 2.24) is 21.3 Å². The summed E-state index contributed by atoms with van der Waals surface area (Å²) < 4.78 is 25.5. The zero-order valence-corrected chi connectivity index (χ0v) is 24.2. The highest BCUT2D eigenvalue weighted by Crippen LogP contribution is 2.34. The third-order valence-electron chi connectivity index (χ3n) is 7.86. The highest BCUT2D eigenvalue weighted by Gasteiger charge is 2.36. The van der Waals surface area contributed by atoms with Crippen molar-refractivity contribution in [1.29, 1.82) is 0 Å². The van der Waals surface area contributed by atoms with E-state index in [1.807, 2.05) is 6.07 Å². The second-order valence-electron chi connectivity index (χ2n) is 11.0. The van der Waals surface area contributed by atoms with Gasteiger partial charge >= 0.3 is 0 Å². The SMILES string of the molecule is C[C@@H](O)C1NC(=O)CC[C@@H](C(=O)NCC2(c3cccc(F)c3)CCOCC2)NC(=O)c2ccccc2OCCCNC1=O. The van der Waals surface area contributed by atoms with Crippen LogP contribution in [0.2, 0.25) is 0 Å². The molecule has 4 rings (SSSR count). The molecule has 2 aliphatic rings. The molecule has 2 aromatic rings. The zero-order chi connectivity index (χ0) is 30.8. The van der Waals surface area contributed by atoms with Gasteiger partial charge in [-0.25, -0.2) is 4.39 Å². The second-order valence-corrected chi connectivity index (χ2v) is 11.0. The molecule has 5 N–H and O–H groups in total. The predicted octanol–water partition coefficient (Wildman–Crippen LogP) is 1.33. The van der Waals surface area contributed by atoms with Crippen LogP contribution in [0.1, 0.15) is 54.9 Å². The van der Waals surface area contributed by atoms with Crippen molar-refractivity contribution >= 4 is 23.6 Å². The Kier molecular flexibility index (Phi) is 11.1. The Hall–Kier alpha value is -4.03. The molecule has 43 heavy (non-hydrogen) atoms. The molecule has 0 radical (unpaired) electrons. The molecule has 1 unspecified atom stereocenters. The van der Waals surface area contributed by atoms with E-state index in [1.54, 1.807) is 30.3 Å². The van der Waals surface area contributed by atoms with Crippen LogP contribution in [0.3, 0.4) is 0 Å². The summed E-state index contributed by atoms with van der Waals surface area (Å²) in [5, 5.41) is 21.0. The van der Waals surface area contributed by atoms with E-state index in [0.717, 1.165) is 5.56 Å². The molecule has 1 saturated heterocycles. The Morgan fingerprint density at radius 1 is 1.09 bits per heavy atom. The maximum absolute atomic E-state index is 14.1. The van der Waals surface area contributed by atoms with E-state index in [2.05, 4.69) is 21.3 Å². The molecular formula is C31H39FN4O7. The lowest BCUT2D eigenvalue weighted by Gasteiger charge is -2.38. The van der Waals surface area contributed by atoms with Gasteiger partial charge in [0.1, 0.15) is 23.7 Å². The van der Waals surface area contributed by atoms with Gasteiger partial charge in [0.15, 0.2) is 0 Å². The number of rotatable bonds is 5. The summed E-state index contributed by atoms with van der Waals surface area (Å²) in [7, 11) is 0. The van der Waals surface area contributed by atoms with Crippen LogP contribution in [0.25, 0.3) is 0 Å². The van der Waals surface area contributed by atoms with Crippen LogP contribution in [-0.4, -0.2) is 79.8 Å². The van der Waals surface area contributed by atoms with E-state index < -0.39 is 47.2 Å². The number of aliphatic hydroxyl groups excluding tert-OH is 1. The number of carbonyl (C=O) groups is 4. The number of para-hydroxylation sites is 1. The fraction of sp³-hybridized carbons (Fsp3) is 0.484. The van der Waals surface area contributed by atoms with Gasteiger partial charge in [-0.05, 0) is 62.4 Å². The average Bonchev–Trinajstić information content (AvgIpc) is 3.00. The molecule has 0 spiro atoms. The number of hydrogen-bond donors (Lipinski definition) is 5. The highest BCUT2D eigenvalue weighted by atomic mass is 19.1. The summed E-state index contributed by atoms with van der Waals surface area (Å²) in [6.45, 7) is 2.87. The molecule has 11 nitrogen and oxygen atoms in total. The Morgan fingerprint density at radius 2 is 1.86 bits per heavy atom. The van der Waals surface area contributed by atoms with Gasteiger partial charge in [0.25, 0.3) is 5.91 Å². The Morgan fingerprint density at radius 3 is 2.60 bits per heavy atom. The van der Waals surface area contributed by atoms with Gasteiger partial charge in [-0.2, -0.15) is 0 Å². The Bertz CT molecular complexity index is 1300. The lowest BCUT2D eigenvalue weighted by atomic mass is 9.74. The molecule has 2 aliphatic heterocycles. The van der Waals surface area contributed by atoms with E-state index in [4.69, 9.17) is 9.47 Å². The fourth-order valence-electron chi connectivity index (χ4n) is 5.31. The fourth-order valence-corrected chi connectivity index (χ4v) is 5.31. The van der Waals surface area contributed by atoms with E-state index in [9.17, 15) is 28.7 Å². The largest absolute Gasteiger partial charge is 0.493 e. The van der Waals surface area contributed by atoms with Crippen molar-refractivity contribution in [3.8, 4) is 5.75 Å². The van der Waals surface area contributed by atoms with Crippen LogP contribution in [-0.2, 0) is 24.5 Å². The molecule has 0 aromatic heterocycles. The number of fused-ring (bicyclic) bond motifs is 1. The topological polar surface area (TPSA) is 155 Å². The number of nitrogens with one attached hydrogen (secondary N) is 4. The highest BCUT2D eigenvalue weighted by molar-refractivity contribution is 5.99. The predicted molar refractivity (Wildman–Crippen MR) is 155 cm³/mol. The monoisotopic (exact) mass is 598 g/mol. The zero-order valence-electron chi connectivity index (χ0n) is 24.2. The second kappa shape index (κ2) is 14.9. The first-order chi connectivity index (χ1) is 20.7. The first-order valence-corrected chi connectivity index (χ1v) is 14.6. The number of carbonyl (C=O) groups excluding carboxylic acids is 4. The van der Waals surface area contributed by atoms with E-state index in [-0.39, 0.29) is 43.9 Å². The van der Waals surface area contributed by atoms with Gasteiger partial charge in [-0.15, -0.1) is 0 Å². The Labute approximate surface area is 249 Å². The van der Waals surface area contributed by atoms with Gasteiger partial charge in [0.05, 0.1) is 18.3 Å². The number of ether oxygens (including phenoxy) is 2. The maximum atomic E-state index is 14.1. The van der Waals surface area contributed by atoms with Crippen molar-refractivity contribution in [2.45, 2.75) is 62.6 Å². The smallest absolute Gasteiger partial charge is 0.255 e. The quantitative estimate of drug-likeness (QED) is 0.348. The molecule has 1 fully saturated rings. The third kappa shape index (κ3) is 8.51. The minimum absolute atomic E-state index is 0.0867. The number of amides is 4. The molecule has 0 bridgehead atoms. The first-order valence-electron chi connectivity index (χ1n) is 14.6. The molecule has 0 aliphatic carbocycles. The molecule has 2 aromatic carbocycles. The van der Waals surface area contributed by atoms with Crippen LogP contribution in [0.15, 0.2) is 48.5 Å². The average molecular weight is 599 g/mol. The number of halogens is 1. The van der Waals surface area contributed by atoms with E-state index >= 15 is 0 Å². The van der Waals surface area contributed by atoms with Crippen LogP contribution >= 0.6 is 0 Å². The summed E-state index contributed by atoms with van der Waals surface area (Å²) in [6.07, 6.45) is 0.0637. The van der Waals surface area contributed by atoms with Crippen LogP contribution in [0.4, 0.5) is 4.39 Å². The number of hydrogen-bond acceptors (Lipinski definition) is 7. The minimum Gasteiger partial charge on any atom is -0.493 e. The molecular weight excluding hydrogens is 559 g/mol. The summed E-state index contributed by atoms with van der Waals surface area (Å²) in [5.41, 5.74) is 0.385. The lowest BCUT2D eigenvalue weighted by molar-refractivity contribution is -0.132. The van der Waals surface area contributed by atoms with Crippen molar-refractivity contribution in [3.63, 3.8) is 0 Å². The van der Waals surface area contributed by atoms with Gasteiger partial charge in [0.2, 0.25) is 17.7 Å². The molecule has 4 amide bonds. The number of aliphatic hydroxyl groups is 1. The van der Waals surface area contributed by atoms with Crippen LogP contribution in [0.5, 0.6) is 5.75 Å². The summed E-state index contributed by atoms with van der Waals surface area (Å²) in [5.74, 6) is -2.25. The molecule has 12 heteroatoms. The summed E-state index contributed by atoms with van der Waals surface area (Å²) in [6, 6.07) is 10.6. The normalized spacial score (nSPS) is 22.5. The summed E-state index contributed by atoms with van der Waals surface area (Å²) in [4.78, 5) is 52.5. The van der Waals surface area contributed by atoms with Crippen LogP contribution in [0, 0.1) is 5.82 Å². The van der Waals surface area contributed by atoms with Crippen LogP contribution < -0.4 is 26.0 Å². The van der Waals surface area contributed by atoms with E-state index in [0.29, 0.717) is 38.2 Å². The van der Waals surface area contributed by atoms with Gasteiger partial charge in [-0.1, -0.05) is 24.3 Å². The van der Waals surface area contributed by atoms with Crippen molar-refractivity contribution in [3.05, 3.63) is 65.5 Å². The van der Waals surface area contributed by atoms with Crippen molar-refractivity contribution in [2.24, 2.45) is 0 Å². The first kappa shape index (κ1) is 31.9. The molecule has 232 valence electrons. The summed E-state index contributed by atoms with van der Waals surface area (Å²) >= 11 is 0. The number of benzene rings is 2. The third-order valence-corrected chi connectivity index (χ3v) is 7.86. The molecule has 3 atom stereocenters. The maximum Gasteiger partial charge on any atom is 0.255 e. The lowest BCUT2D eigenvalue weighted by Crippen LogP contribution is -2.53. The van der Waals surface area contributed by atoms with Gasteiger partial charge in [0, 0.05) is 38.1 Å². The Balaban J connectivity index is 1.56. The minimum atomic E-state index is -1.19. The molecule has 0 saturated carbocycles. The van der Waals surface area contributed by atoms with Gasteiger partial charge < -0.3 is 35.8 Å². The van der Waals surface area contributed by atoms with Gasteiger partial charge in [-0.3, -0.25) is 19.2 Å². The van der Waals surface area contributed by atoms with Crippen molar-refractivity contribution < 1.29 is 38.1 Å². The standard InChI is InChI=1S/C31H39FN4O7/c1-20(37)27-30(41)33-14-5-15-43-25-9-3-2-8-23(25)28(39)35-24(10-11-26(38)36-27)29(40)34-19-31(12-16-42-17-13-31)21-6-4-7-22(32)18-21/h2-4,6-9,18,20,24,27,37H,5,10-17,19H2,1H3,(H,33,41)(H,34,40)(H,35,39)(H,36,38)/t20-,24+,27?/m1/s1. The van der Waals surface area contributed by atoms with Crippen molar-refractivity contribution in [2.75, 3.05) is 32.9 Å². The molecule has 2 heterocycles. The van der Waals surface area contributed by atoms with E-state index in [1.165, 1.54) is 19.1 Å².